The van der Waals surface area contributed by atoms with Crippen LogP contribution in [0, 0.1) is 6.92 Å². The van der Waals surface area contributed by atoms with Crippen LogP contribution in [0.2, 0.25) is 0 Å². The summed E-state index contributed by atoms with van der Waals surface area (Å²) in [6.45, 7) is 1.87. The number of hydrogen-bond acceptors (Lipinski definition) is 4. The van der Waals surface area contributed by atoms with Crippen LogP contribution in [0.15, 0.2) is 60.7 Å². The molecular weight excluding hydrogens is 350 g/mol. The molecule has 0 bridgehead atoms. The number of para-hydroxylation sites is 2. The largest absolute Gasteiger partial charge is 0.320 e. The molecule has 1 heterocycles. The second-order valence-corrected chi connectivity index (χ2v) is 8.24. The Morgan fingerprint density at radius 1 is 1.08 bits per heavy atom. The van der Waals surface area contributed by atoms with E-state index in [2.05, 4.69) is 10.4 Å². The number of rotatable bonds is 5. The summed E-state index contributed by atoms with van der Waals surface area (Å²) in [7, 11) is -3.21. The van der Waals surface area contributed by atoms with Crippen LogP contribution in [0.5, 0.6) is 0 Å². The van der Waals surface area contributed by atoms with E-state index in [0.717, 1.165) is 17.6 Å². The minimum atomic E-state index is -3.21. The molecule has 0 saturated heterocycles. The normalized spacial score (nSPS) is 11.3. The Kier molecular flexibility index (Phi) is 4.90. The van der Waals surface area contributed by atoms with Gasteiger partial charge in [-0.3, -0.25) is 4.79 Å². The summed E-state index contributed by atoms with van der Waals surface area (Å²) in [4.78, 5) is 12.6. The number of benzene rings is 2. The highest BCUT2D eigenvalue weighted by molar-refractivity contribution is 7.89. The van der Waals surface area contributed by atoms with Crippen molar-refractivity contribution in [3.8, 4) is 5.69 Å². The fourth-order valence-corrected chi connectivity index (χ4v) is 3.47. The molecule has 0 fully saturated rings. The van der Waals surface area contributed by atoms with Crippen molar-refractivity contribution in [3.63, 3.8) is 0 Å². The Balaban J connectivity index is 1.86. The third-order valence-electron chi connectivity index (χ3n) is 3.80. The van der Waals surface area contributed by atoms with Gasteiger partial charge in [0.2, 0.25) is 0 Å². The van der Waals surface area contributed by atoms with Crippen LogP contribution in [0.4, 0.5) is 5.69 Å². The number of aromatic nitrogens is 2. The van der Waals surface area contributed by atoms with E-state index >= 15 is 0 Å². The van der Waals surface area contributed by atoms with Crippen molar-refractivity contribution >= 4 is 21.4 Å². The summed E-state index contributed by atoms with van der Waals surface area (Å²) in [6.07, 6.45) is 1.16. The van der Waals surface area contributed by atoms with Crippen LogP contribution in [0.1, 0.15) is 21.7 Å². The maximum Gasteiger partial charge on any atom is 0.276 e. The standard InChI is InChI=1S/C19H19N3O3S/c1-14-12-18(21-22(14)16-9-4-3-5-10-16)19(23)20-17-11-7-6-8-15(17)13-26(2,24)25/h3-12H,13H2,1-2H3,(H,20,23). The van der Waals surface area contributed by atoms with Crippen LogP contribution in [-0.2, 0) is 15.6 Å². The third-order valence-corrected chi connectivity index (χ3v) is 4.64. The zero-order valence-electron chi connectivity index (χ0n) is 14.5. The van der Waals surface area contributed by atoms with Gasteiger partial charge in [-0.2, -0.15) is 5.10 Å². The molecule has 0 spiro atoms. The highest BCUT2D eigenvalue weighted by atomic mass is 32.2. The van der Waals surface area contributed by atoms with Gasteiger partial charge in [-0.15, -0.1) is 0 Å². The molecule has 0 radical (unpaired) electrons. The maximum atomic E-state index is 12.6. The molecule has 134 valence electrons. The molecule has 3 rings (SSSR count). The number of carbonyl (C=O) groups excluding carboxylic acids is 1. The molecule has 0 unspecified atom stereocenters. The quantitative estimate of drug-likeness (QED) is 0.750. The molecule has 1 N–H and O–H groups in total. The Morgan fingerprint density at radius 3 is 2.42 bits per heavy atom. The molecule has 0 aliphatic heterocycles. The lowest BCUT2D eigenvalue weighted by atomic mass is 10.2. The monoisotopic (exact) mass is 369 g/mol. The topological polar surface area (TPSA) is 81.1 Å². The van der Waals surface area contributed by atoms with Gasteiger partial charge in [0, 0.05) is 17.6 Å². The summed E-state index contributed by atoms with van der Waals surface area (Å²) in [5.41, 5.74) is 2.96. The minimum absolute atomic E-state index is 0.138. The first kappa shape index (κ1) is 17.9. The van der Waals surface area contributed by atoms with Crippen molar-refractivity contribution < 1.29 is 13.2 Å². The molecule has 26 heavy (non-hydrogen) atoms. The smallest absolute Gasteiger partial charge is 0.276 e. The van der Waals surface area contributed by atoms with Gasteiger partial charge in [-0.05, 0) is 36.8 Å². The second kappa shape index (κ2) is 7.13. The van der Waals surface area contributed by atoms with Crippen molar-refractivity contribution in [2.75, 3.05) is 11.6 Å². The number of sulfone groups is 1. The lowest BCUT2D eigenvalue weighted by Gasteiger charge is -2.09. The zero-order chi connectivity index (χ0) is 18.7. The van der Waals surface area contributed by atoms with E-state index in [-0.39, 0.29) is 17.4 Å². The van der Waals surface area contributed by atoms with Gasteiger partial charge in [0.1, 0.15) is 0 Å². The molecule has 0 aliphatic carbocycles. The zero-order valence-corrected chi connectivity index (χ0v) is 15.3. The van der Waals surface area contributed by atoms with Crippen LogP contribution < -0.4 is 5.32 Å². The summed E-state index contributed by atoms with van der Waals surface area (Å²) in [6, 6.07) is 18.1. The molecule has 1 aromatic heterocycles. The third kappa shape index (κ3) is 4.18. The molecule has 6 nitrogen and oxygen atoms in total. The van der Waals surface area contributed by atoms with Crippen LogP contribution in [0.3, 0.4) is 0 Å². The minimum Gasteiger partial charge on any atom is -0.320 e. The number of amides is 1. The Labute approximate surface area is 152 Å². The number of carbonyl (C=O) groups is 1. The van der Waals surface area contributed by atoms with Crippen molar-refractivity contribution in [2.24, 2.45) is 0 Å². The average Bonchev–Trinajstić information content (AvgIpc) is 2.98. The van der Waals surface area contributed by atoms with Gasteiger partial charge in [0.25, 0.3) is 5.91 Å². The first-order valence-corrected chi connectivity index (χ1v) is 10.1. The van der Waals surface area contributed by atoms with Gasteiger partial charge < -0.3 is 5.32 Å². The van der Waals surface area contributed by atoms with E-state index < -0.39 is 9.84 Å². The summed E-state index contributed by atoms with van der Waals surface area (Å²) >= 11 is 0. The van der Waals surface area contributed by atoms with Crippen molar-refractivity contribution in [1.29, 1.82) is 0 Å². The lowest BCUT2D eigenvalue weighted by Crippen LogP contribution is -2.15. The predicted molar refractivity (Wildman–Crippen MR) is 101 cm³/mol. The molecule has 2 aromatic carbocycles. The van der Waals surface area contributed by atoms with Gasteiger partial charge in [-0.25, -0.2) is 13.1 Å². The van der Waals surface area contributed by atoms with Crippen LogP contribution in [0.25, 0.3) is 5.69 Å². The van der Waals surface area contributed by atoms with E-state index in [0.29, 0.717) is 11.3 Å². The first-order chi connectivity index (χ1) is 12.3. The van der Waals surface area contributed by atoms with E-state index in [1.54, 1.807) is 35.0 Å². The van der Waals surface area contributed by atoms with Gasteiger partial charge >= 0.3 is 0 Å². The number of aryl methyl sites for hydroxylation is 1. The lowest BCUT2D eigenvalue weighted by molar-refractivity contribution is 0.102. The summed E-state index contributed by atoms with van der Waals surface area (Å²) < 4.78 is 24.9. The molecule has 7 heteroatoms. The van der Waals surface area contributed by atoms with E-state index in [9.17, 15) is 13.2 Å². The number of nitrogens with one attached hydrogen (secondary N) is 1. The van der Waals surface area contributed by atoms with Crippen LogP contribution >= 0.6 is 0 Å². The Morgan fingerprint density at radius 2 is 1.73 bits per heavy atom. The fourth-order valence-electron chi connectivity index (χ4n) is 2.65. The molecule has 3 aromatic rings. The Hall–Kier alpha value is -2.93. The van der Waals surface area contributed by atoms with Crippen molar-refractivity contribution in [3.05, 3.63) is 77.6 Å². The summed E-state index contributed by atoms with van der Waals surface area (Å²) in [5, 5.41) is 7.13. The SMILES string of the molecule is Cc1cc(C(=O)Nc2ccccc2CS(C)(=O)=O)nn1-c1ccccc1. The molecule has 0 saturated carbocycles. The van der Waals surface area contributed by atoms with Crippen molar-refractivity contribution in [2.45, 2.75) is 12.7 Å². The molecule has 0 aliphatic rings. The molecular formula is C19H19N3O3S. The summed E-state index contributed by atoms with van der Waals surface area (Å²) in [5.74, 6) is -0.523. The molecule has 0 atom stereocenters. The fraction of sp³-hybridized carbons (Fsp3) is 0.158. The Bertz CT molecular complexity index is 1040. The predicted octanol–water partition coefficient (Wildman–Crippen LogP) is 2.98. The average molecular weight is 369 g/mol. The van der Waals surface area contributed by atoms with E-state index in [4.69, 9.17) is 0 Å². The van der Waals surface area contributed by atoms with Crippen LogP contribution in [-0.4, -0.2) is 30.4 Å². The second-order valence-electron chi connectivity index (χ2n) is 6.10. The van der Waals surface area contributed by atoms with Gasteiger partial charge in [0.15, 0.2) is 15.5 Å². The van der Waals surface area contributed by atoms with Crippen molar-refractivity contribution in [1.82, 2.24) is 9.78 Å². The highest BCUT2D eigenvalue weighted by Crippen LogP contribution is 2.19. The van der Waals surface area contributed by atoms with Gasteiger partial charge in [0.05, 0.1) is 11.4 Å². The highest BCUT2D eigenvalue weighted by Gasteiger charge is 2.16. The van der Waals surface area contributed by atoms with E-state index in [1.807, 2.05) is 37.3 Å². The number of nitrogens with zero attached hydrogens (tertiary/aromatic N) is 2. The maximum absolute atomic E-state index is 12.6. The van der Waals surface area contributed by atoms with E-state index in [1.165, 1.54) is 0 Å². The molecule has 1 amide bonds. The number of hydrogen-bond donors (Lipinski definition) is 1. The number of anilines is 1. The first-order valence-electron chi connectivity index (χ1n) is 8.02. The van der Waals surface area contributed by atoms with Gasteiger partial charge in [-0.1, -0.05) is 36.4 Å².